The smallest absolute Gasteiger partial charge is 0.212 e. The standard InChI is InChI=1S/C5H3F5/c1-2(6)3-4(7,8)5(3,9)10/h1H3. The summed E-state index contributed by atoms with van der Waals surface area (Å²) < 4.78 is 58.9. The molecule has 0 aliphatic heterocycles. The van der Waals surface area contributed by atoms with Gasteiger partial charge in [0.25, 0.3) is 0 Å². The lowest BCUT2D eigenvalue weighted by Crippen LogP contribution is -2.02. The molecule has 0 saturated heterocycles. The van der Waals surface area contributed by atoms with Crippen LogP contribution in [0.2, 0.25) is 0 Å². The molecule has 0 amide bonds. The molecule has 0 heterocycles. The van der Waals surface area contributed by atoms with Gasteiger partial charge in [0.1, 0.15) is 11.4 Å². The van der Waals surface area contributed by atoms with Crippen molar-refractivity contribution in [2.45, 2.75) is 18.8 Å². The molecule has 0 spiro atoms. The highest BCUT2D eigenvalue weighted by molar-refractivity contribution is 5.46. The molecular formula is C5H3F5. The number of allylic oxidation sites excluding steroid dienone is 2. The van der Waals surface area contributed by atoms with Gasteiger partial charge in [0.15, 0.2) is 0 Å². The summed E-state index contributed by atoms with van der Waals surface area (Å²) in [5.74, 6) is -9.98. The van der Waals surface area contributed by atoms with E-state index in [-0.39, 0.29) is 0 Å². The molecule has 0 aromatic carbocycles. The van der Waals surface area contributed by atoms with Crippen molar-refractivity contribution in [3.8, 4) is 0 Å². The topological polar surface area (TPSA) is 0 Å². The molecule has 1 aliphatic rings. The van der Waals surface area contributed by atoms with E-state index in [2.05, 4.69) is 0 Å². The Kier molecular flexibility index (Phi) is 1.14. The van der Waals surface area contributed by atoms with Crippen LogP contribution in [0.1, 0.15) is 6.92 Å². The molecule has 0 N–H and O–H groups in total. The highest BCUT2D eigenvalue weighted by Gasteiger charge is 2.82. The van der Waals surface area contributed by atoms with Crippen molar-refractivity contribution in [2.24, 2.45) is 0 Å². The van der Waals surface area contributed by atoms with Gasteiger partial charge in [0, 0.05) is 0 Å². The minimum Gasteiger partial charge on any atom is -0.212 e. The van der Waals surface area contributed by atoms with Crippen LogP contribution in [0.4, 0.5) is 22.0 Å². The number of rotatable bonds is 0. The molecule has 10 heavy (non-hydrogen) atoms. The number of halogens is 5. The maximum atomic E-state index is 11.8. The van der Waals surface area contributed by atoms with Crippen LogP contribution < -0.4 is 0 Å². The van der Waals surface area contributed by atoms with Crippen molar-refractivity contribution >= 4 is 0 Å². The highest BCUT2D eigenvalue weighted by Crippen LogP contribution is 2.63. The van der Waals surface area contributed by atoms with Gasteiger partial charge in [0.05, 0.1) is 0 Å². The molecule has 1 rings (SSSR count). The largest absolute Gasteiger partial charge is 0.344 e. The van der Waals surface area contributed by atoms with Gasteiger partial charge in [0.2, 0.25) is 0 Å². The van der Waals surface area contributed by atoms with Crippen LogP contribution in [-0.4, -0.2) is 11.8 Å². The van der Waals surface area contributed by atoms with Crippen LogP contribution in [0.15, 0.2) is 11.4 Å². The second-order valence-electron chi connectivity index (χ2n) is 2.06. The van der Waals surface area contributed by atoms with Gasteiger partial charge >= 0.3 is 11.8 Å². The van der Waals surface area contributed by atoms with Gasteiger partial charge in [-0.25, -0.2) is 4.39 Å². The van der Waals surface area contributed by atoms with Gasteiger partial charge in [-0.2, -0.15) is 17.6 Å². The Morgan fingerprint density at radius 1 is 1.10 bits per heavy atom. The first kappa shape index (κ1) is 7.50. The monoisotopic (exact) mass is 158 g/mol. The maximum Gasteiger partial charge on any atom is 0.344 e. The summed E-state index contributed by atoms with van der Waals surface area (Å²) in [6, 6.07) is 0. The molecule has 5 heteroatoms. The molecule has 0 atom stereocenters. The van der Waals surface area contributed by atoms with Gasteiger partial charge in [-0.15, -0.1) is 0 Å². The maximum absolute atomic E-state index is 11.8. The lowest BCUT2D eigenvalue weighted by Gasteiger charge is -1.86. The second-order valence-corrected chi connectivity index (χ2v) is 2.06. The minimum atomic E-state index is -4.24. The third-order valence-corrected chi connectivity index (χ3v) is 1.30. The van der Waals surface area contributed by atoms with Gasteiger partial charge < -0.3 is 0 Å². The molecule has 0 nitrogen and oxygen atoms in total. The third-order valence-electron chi connectivity index (χ3n) is 1.30. The van der Waals surface area contributed by atoms with Crippen LogP contribution in [0.3, 0.4) is 0 Å². The summed E-state index contributed by atoms with van der Waals surface area (Å²) in [4.78, 5) is 0. The fourth-order valence-corrected chi connectivity index (χ4v) is 0.724. The summed E-state index contributed by atoms with van der Waals surface area (Å²) in [7, 11) is 0. The van der Waals surface area contributed by atoms with E-state index < -0.39 is 23.2 Å². The van der Waals surface area contributed by atoms with Gasteiger partial charge in [-0.1, -0.05) is 0 Å². The van der Waals surface area contributed by atoms with E-state index in [0.717, 1.165) is 0 Å². The molecule has 58 valence electrons. The van der Waals surface area contributed by atoms with E-state index >= 15 is 0 Å². The van der Waals surface area contributed by atoms with Crippen LogP contribution in [0.5, 0.6) is 0 Å². The summed E-state index contributed by atoms with van der Waals surface area (Å²) in [6.45, 7) is 0.587. The lowest BCUT2D eigenvalue weighted by molar-refractivity contribution is -0.0278. The summed E-state index contributed by atoms with van der Waals surface area (Å²) >= 11 is 0. The molecule has 1 fully saturated rings. The zero-order valence-corrected chi connectivity index (χ0v) is 4.89. The minimum absolute atomic E-state index is 0.587. The Labute approximate surface area is 53.3 Å². The quantitative estimate of drug-likeness (QED) is 0.475. The fourth-order valence-electron chi connectivity index (χ4n) is 0.724. The van der Waals surface area contributed by atoms with Gasteiger partial charge in [-0.05, 0) is 6.92 Å². The number of hydrogen-bond acceptors (Lipinski definition) is 0. The summed E-state index contributed by atoms with van der Waals surface area (Å²) in [6.07, 6.45) is 0. The number of alkyl halides is 4. The first-order valence-electron chi connectivity index (χ1n) is 2.44. The van der Waals surface area contributed by atoms with E-state index in [1.165, 1.54) is 0 Å². The predicted molar refractivity (Wildman–Crippen MR) is 23.7 cm³/mol. The Bertz CT molecular complexity index is 182. The first-order valence-corrected chi connectivity index (χ1v) is 2.44. The lowest BCUT2D eigenvalue weighted by atomic mass is 10.5. The van der Waals surface area contributed by atoms with E-state index in [1.807, 2.05) is 0 Å². The van der Waals surface area contributed by atoms with E-state index in [0.29, 0.717) is 6.92 Å². The Morgan fingerprint density at radius 2 is 1.40 bits per heavy atom. The molecular weight excluding hydrogens is 155 g/mol. The highest BCUT2D eigenvalue weighted by atomic mass is 19.3. The Hall–Kier alpha value is -0.610. The van der Waals surface area contributed by atoms with Crippen molar-refractivity contribution < 1.29 is 22.0 Å². The number of hydrogen-bond donors (Lipinski definition) is 0. The predicted octanol–water partition coefficient (Wildman–Crippen LogP) is 2.51. The van der Waals surface area contributed by atoms with Crippen molar-refractivity contribution in [2.75, 3.05) is 0 Å². The zero-order valence-electron chi connectivity index (χ0n) is 4.89. The molecule has 0 unspecified atom stereocenters. The van der Waals surface area contributed by atoms with Crippen molar-refractivity contribution in [3.63, 3.8) is 0 Å². The normalized spacial score (nSPS) is 26.4. The molecule has 0 bridgehead atoms. The van der Waals surface area contributed by atoms with Crippen LogP contribution >= 0.6 is 0 Å². The van der Waals surface area contributed by atoms with Crippen LogP contribution in [0, 0.1) is 0 Å². The third kappa shape index (κ3) is 0.602. The van der Waals surface area contributed by atoms with Crippen molar-refractivity contribution in [1.29, 1.82) is 0 Å². The Balaban J connectivity index is 3.04. The van der Waals surface area contributed by atoms with E-state index in [4.69, 9.17) is 0 Å². The van der Waals surface area contributed by atoms with E-state index in [9.17, 15) is 22.0 Å². The average Bonchev–Trinajstić information content (AvgIpc) is 1.97. The van der Waals surface area contributed by atoms with Crippen LogP contribution in [0.25, 0.3) is 0 Å². The van der Waals surface area contributed by atoms with Crippen molar-refractivity contribution in [3.05, 3.63) is 11.4 Å². The van der Waals surface area contributed by atoms with Gasteiger partial charge in [-0.3, -0.25) is 0 Å². The fraction of sp³-hybridized carbons (Fsp3) is 0.600. The first-order chi connectivity index (χ1) is 4.32. The average molecular weight is 158 g/mol. The SMILES string of the molecule is CC(F)=C1C(F)(F)C1(F)F. The second kappa shape index (κ2) is 1.52. The molecule has 0 radical (unpaired) electrons. The van der Waals surface area contributed by atoms with E-state index in [1.54, 1.807) is 0 Å². The molecule has 1 saturated carbocycles. The molecule has 1 aliphatic carbocycles. The Morgan fingerprint density at radius 3 is 1.40 bits per heavy atom. The summed E-state index contributed by atoms with van der Waals surface area (Å²) in [5.41, 5.74) is -1.68. The zero-order chi connectivity index (χ0) is 8.15. The van der Waals surface area contributed by atoms with Crippen molar-refractivity contribution in [1.82, 2.24) is 0 Å². The summed E-state index contributed by atoms with van der Waals surface area (Å²) in [5, 5.41) is 0. The molecule has 0 aromatic rings. The molecule has 0 aromatic heterocycles. The van der Waals surface area contributed by atoms with Crippen LogP contribution in [-0.2, 0) is 0 Å².